The zero-order valence-corrected chi connectivity index (χ0v) is 15.4. The average Bonchev–Trinajstić information content (AvgIpc) is 2.91. The third-order valence-electron chi connectivity index (χ3n) is 3.91. The number of carbonyl (C=O) groups is 2. The minimum absolute atomic E-state index is 0.0325. The molecular weight excluding hydrogens is 366 g/mol. The summed E-state index contributed by atoms with van der Waals surface area (Å²) in [5.41, 5.74) is 0.738. The van der Waals surface area contributed by atoms with E-state index in [0.29, 0.717) is 18.0 Å². The number of hydrogen-bond donors (Lipinski definition) is 0. The van der Waals surface area contributed by atoms with Gasteiger partial charge in [-0.15, -0.1) is 0 Å². The number of rotatable bonds is 6. The quantitative estimate of drug-likeness (QED) is 0.552. The lowest BCUT2D eigenvalue weighted by Crippen LogP contribution is -2.43. The molecule has 0 radical (unpaired) electrons. The Labute approximate surface area is 152 Å². The largest absolute Gasteiger partial charge is 0.452 e. The van der Waals surface area contributed by atoms with Gasteiger partial charge in [-0.25, -0.2) is 13.2 Å². The van der Waals surface area contributed by atoms with E-state index in [-0.39, 0.29) is 17.5 Å². The second-order valence-electron chi connectivity index (χ2n) is 5.73. The SMILES string of the molecule is CCN(C(=O)COC(=O)/C=C/c1cccc(Cl)c1)[C@H]1CCS(=O)(=O)C1. The van der Waals surface area contributed by atoms with Gasteiger partial charge in [-0.1, -0.05) is 23.7 Å². The first-order chi connectivity index (χ1) is 11.8. The smallest absolute Gasteiger partial charge is 0.331 e. The fourth-order valence-electron chi connectivity index (χ4n) is 2.70. The van der Waals surface area contributed by atoms with E-state index in [9.17, 15) is 18.0 Å². The first kappa shape index (κ1) is 19.5. The summed E-state index contributed by atoms with van der Waals surface area (Å²) in [5.74, 6) is -0.990. The van der Waals surface area contributed by atoms with E-state index in [1.807, 2.05) is 0 Å². The van der Waals surface area contributed by atoms with Gasteiger partial charge in [0.15, 0.2) is 16.4 Å². The summed E-state index contributed by atoms with van der Waals surface area (Å²) < 4.78 is 28.1. The third-order valence-corrected chi connectivity index (χ3v) is 5.89. The van der Waals surface area contributed by atoms with Crippen LogP contribution in [-0.4, -0.2) is 55.9 Å². The number of likely N-dealkylation sites (N-methyl/N-ethyl adjacent to an activating group) is 1. The van der Waals surface area contributed by atoms with Crippen LogP contribution in [0.5, 0.6) is 0 Å². The van der Waals surface area contributed by atoms with E-state index in [2.05, 4.69) is 0 Å². The van der Waals surface area contributed by atoms with Crippen molar-refractivity contribution < 1.29 is 22.7 Å². The number of nitrogens with zero attached hydrogens (tertiary/aromatic N) is 1. The van der Waals surface area contributed by atoms with Gasteiger partial charge in [-0.05, 0) is 37.1 Å². The second kappa shape index (κ2) is 8.49. The third kappa shape index (κ3) is 5.86. The molecule has 136 valence electrons. The molecule has 1 aromatic rings. The number of carbonyl (C=O) groups excluding carboxylic acids is 2. The van der Waals surface area contributed by atoms with Gasteiger partial charge < -0.3 is 9.64 Å². The van der Waals surface area contributed by atoms with Gasteiger partial charge in [0.2, 0.25) is 0 Å². The van der Waals surface area contributed by atoms with Crippen molar-refractivity contribution in [2.75, 3.05) is 24.7 Å². The molecule has 1 aliphatic rings. The van der Waals surface area contributed by atoms with Crippen molar-refractivity contribution >= 4 is 39.4 Å². The maximum atomic E-state index is 12.2. The van der Waals surface area contributed by atoms with E-state index in [4.69, 9.17) is 16.3 Å². The molecule has 0 saturated carbocycles. The van der Waals surface area contributed by atoms with Crippen molar-refractivity contribution in [3.8, 4) is 0 Å². The first-order valence-electron chi connectivity index (χ1n) is 7.91. The average molecular weight is 386 g/mol. The normalized spacial score (nSPS) is 19.0. The van der Waals surface area contributed by atoms with Crippen LogP contribution in [0.3, 0.4) is 0 Å². The van der Waals surface area contributed by atoms with Gasteiger partial charge >= 0.3 is 5.97 Å². The van der Waals surface area contributed by atoms with Crippen LogP contribution in [0.2, 0.25) is 5.02 Å². The highest BCUT2D eigenvalue weighted by molar-refractivity contribution is 7.91. The van der Waals surface area contributed by atoms with E-state index in [1.54, 1.807) is 37.3 Å². The summed E-state index contributed by atoms with van der Waals surface area (Å²) in [5, 5.41) is 0.552. The molecule has 1 aromatic carbocycles. The number of esters is 1. The Morgan fingerprint density at radius 2 is 2.16 bits per heavy atom. The van der Waals surface area contributed by atoms with Crippen molar-refractivity contribution in [3.63, 3.8) is 0 Å². The fraction of sp³-hybridized carbons (Fsp3) is 0.412. The van der Waals surface area contributed by atoms with Gasteiger partial charge in [-0.2, -0.15) is 0 Å². The monoisotopic (exact) mass is 385 g/mol. The molecular formula is C17H20ClNO5S. The number of amides is 1. The Kier molecular flexibility index (Phi) is 6.61. The van der Waals surface area contributed by atoms with E-state index in [1.165, 1.54) is 11.0 Å². The molecule has 0 N–H and O–H groups in total. The summed E-state index contributed by atoms with van der Waals surface area (Å²) in [6, 6.07) is 6.60. The maximum Gasteiger partial charge on any atom is 0.331 e. The molecule has 2 rings (SSSR count). The minimum Gasteiger partial charge on any atom is -0.452 e. The van der Waals surface area contributed by atoms with Crippen LogP contribution in [0.1, 0.15) is 18.9 Å². The molecule has 1 heterocycles. The highest BCUT2D eigenvalue weighted by Gasteiger charge is 2.34. The zero-order chi connectivity index (χ0) is 18.4. The molecule has 0 unspecified atom stereocenters. The van der Waals surface area contributed by atoms with Crippen molar-refractivity contribution in [1.29, 1.82) is 0 Å². The summed E-state index contributed by atoms with van der Waals surface area (Å²) in [6.45, 7) is 1.72. The van der Waals surface area contributed by atoms with Crippen LogP contribution in [0.4, 0.5) is 0 Å². The Morgan fingerprint density at radius 3 is 2.76 bits per heavy atom. The molecule has 1 atom stereocenters. The maximum absolute atomic E-state index is 12.2. The van der Waals surface area contributed by atoms with Crippen molar-refractivity contribution in [3.05, 3.63) is 40.9 Å². The summed E-state index contributed by atoms with van der Waals surface area (Å²) in [7, 11) is -3.08. The van der Waals surface area contributed by atoms with E-state index in [0.717, 1.165) is 5.56 Å². The van der Waals surface area contributed by atoms with Crippen LogP contribution < -0.4 is 0 Å². The molecule has 1 fully saturated rings. The van der Waals surface area contributed by atoms with Crippen LogP contribution in [0, 0.1) is 0 Å². The lowest BCUT2D eigenvalue weighted by Gasteiger charge is -2.26. The van der Waals surface area contributed by atoms with Gasteiger partial charge in [0, 0.05) is 23.7 Å². The Morgan fingerprint density at radius 1 is 1.40 bits per heavy atom. The summed E-state index contributed by atoms with van der Waals surface area (Å²) >= 11 is 5.85. The molecule has 1 amide bonds. The van der Waals surface area contributed by atoms with Gasteiger partial charge in [0.25, 0.3) is 5.91 Å². The number of hydrogen-bond acceptors (Lipinski definition) is 5. The lowest BCUT2D eigenvalue weighted by molar-refractivity contribution is -0.149. The standard InChI is InChI=1S/C17H20ClNO5S/c1-2-19(15-8-9-25(22,23)12-15)16(20)11-24-17(21)7-6-13-4-3-5-14(18)10-13/h3-7,10,15H,2,8-9,11-12H2,1H3/b7-6+/t15-/m0/s1. The van der Waals surface area contributed by atoms with Crippen molar-refractivity contribution in [1.82, 2.24) is 4.90 Å². The number of sulfone groups is 1. The molecule has 0 aliphatic carbocycles. The molecule has 1 aliphatic heterocycles. The summed E-state index contributed by atoms with van der Waals surface area (Å²) in [6.07, 6.45) is 3.18. The Hall–Kier alpha value is -1.86. The first-order valence-corrected chi connectivity index (χ1v) is 10.1. The second-order valence-corrected chi connectivity index (χ2v) is 8.40. The molecule has 1 saturated heterocycles. The topological polar surface area (TPSA) is 80.8 Å². The Balaban J connectivity index is 1.86. The number of benzene rings is 1. The van der Waals surface area contributed by atoms with Crippen molar-refractivity contribution in [2.45, 2.75) is 19.4 Å². The highest BCUT2D eigenvalue weighted by atomic mass is 35.5. The predicted octanol–water partition coefficient (Wildman–Crippen LogP) is 1.93. The van der Waals surface area contributed by atoms with Crippen molar-refractivity contribution in [2.24, 2.45) is 0 Å². The molecule has 6 nitrogen and oxygen atoms in total. The van der Waals surface area contributed by atoms with Crippen LogP contribution in [-0.2, 0) is 24.2 Å². The van der Waals surface area contributed by atoms with Crippen LogP contribution >= 0.6 is 11.6 Å². The number of ether oxygens (including phenoxy) is 1. The number of halogens is 1. The van der Waals surface area contributed by atoms with E-state index >= 15 is 0 Å². The van der Waals surface area contributed by atoms with E-state index < -0.39 is 28.3 Å². The van der Waals surface area contributed by atoms with Crippen LogP contribution in [0.15, 0.2) is 30.3 Å². The van der Waals surface area contributed by atoms with Crippen LogP contribution in [0.25, 0.3) is 6.08 Å². The van der Waals surface area contributed by atoms with Gasteiger partial charge in [-0.3, -0.25) is 4.79 Å². The fourth-order valence-corrected chi connectivity index (χ4v) is 4.63. The lowest BCUT2D eigenvalue weighted by atomic mass is 10.2. The minimum atomic E-state index is -3.08. The highest BCUT2D eigenvalue weighted by Crippen LogP contribution is 2.18. The molecule has 0 bridgehead atoms. The summed E-state index contributed by atoms with van der Waals surface area (Å²) in [4.78, 5) is 25.4. The Bertz CT molecular complexity index is 775. The zero-order valence-electron chi connectivity index (χ0n) is 13.9. The van der Waals surface area contributed by atoms with Gasteiger partial charge in [0.1, 0.15) is 0 Å². The van der Waals surface area contributed by atoms with Gasteiger partial charge in [0.05, 0.1) is 11.5 Å². The molecule has 25 heavy (non-hydrogen) atoms. The molecule has 8 heteroatoms. The molecule has 0 spiro atoms. The molecule has 0 aromatic heterocycles. The predicted molar refractivity (Wildman–Crippen MR) is 95.9 cm³/mol.